The molecule has 0 N–H and O–H groups in total. The molecular weight excluding hydrogens is 426 g/mol. The smallest absolute Gasteiger partial charge is 0.417 e. The first-order chi connectivity index (χ1) is 15.9. The van der Waals surface area contributed by atoms with E-state index < -0.39 is 36.0 Å². The Kier molecular flexibility index (Phi) is 6.35. The van der Waals surface area contributed by atoms with Gasteiger partial charge in [-0.3, -0.25) is 4.79 Å². The van der Waals surface area contributed by atoms with Gasteiger partial charge in [0, 0.05) is 0 Å². The van der Waals surface area contributed by atoms with Gasteiger partial charge in [0.2, 0.25) is 5.91 Å². The van der Waals surface area contributed by atoms with Crippen LogP contribution >= 0.6 is 0 Å². The van der Waals surface area contributed by atoms with Crippen LogP contribution in [0.2, 0.25) is 0 Å². The van der Waals surface area contributed by atoms with Crippen LogP contribution < -0.4 is 4.74 Å². The molecule has 0 aliphatic carbocycles. The Morgan fingerprint density at radius 2 is 1.76 bits per heavy atom. The summed E-state index contributed by atoms with van der Waals surface area (Å²) in [6.07, 6.45) is -1.10. The number of allylic oxidation sites excluding steroid dienone is 1. The first-order valence-corrected chi connectivity index (χ1v) is 10.6. The summed E-state index contributed by atoms with van der Waals surface area (Å²) in [4.78, 5) is 40.2. The Morgan fingerprint density at radius 3 is 2.39 bits per heavy atom. The SMILES string of the molecule is COC(=O)C1=C(C)O[C@H](c2ccc(OC)cc2)[C@H]1C(=O)N1C(=O)OC[C@@H]1Cc1ccccc1. The number of carbonyl (C=O) groups excluding carboxylic acids is 3. The Hall–Kier alpha value is -3.81. The van der Waals surface area contributed by atoms with E-state index in [1.54, 1.807) is 38.3 Å². The predicted octanol–water partition coefficient (Wildman–Crippen LogP) is 3.42. The van der Waals surface area contributed by atoms with Crippen molar-refractivity contribution in [3.05, 3.63) is 77.1 Å². The number of rotatable bonds is 6. The number of benzene rings is 2. The van der Waals surface area contributed by atoms with E-state index in [-0.39, 0.29) is 17.9 Å². The van der Waals surface area contributed by atoms with E-state index in [2.05, 4.69) is 0 Å². The molecule has 0 saturated carbocycles. The van der Waals surface area contributed by atoms with Crippen LogP contribution in [-0.2, 0) is 30.2 Å². The van der Waals surface area contributed by atoms with Crippen molar-refractivity contribution in [2.45, 2.75) is 25.5 Å². The zero-order chi connectivity index (χ0) is 23.5. The van der Waals surface area contributed by atoms with Crippen LogP contribution in [0.3, 0.4) is 0 Å². The Morgan fingerprint density at radius 1 is 1.06 bits per heavy atom. The van der Waals surface area contributed by atoms with Gasteiger partial charge in [0.05, 0.1) is 25.8 Å². The van der Waals surface area contributed by atoms with Crippen LogP contribution in [0.4, 0.5) is 4.79 Å². The second-order valence-corrected chi connectivity index (χ2v) is 7.88. The topological polar surface area (TPSA) is 91.4 Å². The molecule has 2 aliphatic heterocycles. The second-order valence-electron chi connectivity index (χ2n) is 7.88. The summed E-state index contributed by atoms with van der Waals surface area (Å²) in [5.41, 5.74) is 1.73. The lowest BCUT2D eigenvalue weighted by Crippen LogP contribution is -2.45. The van der Waals surface area contributed by atoms with Crippen LogP contribution in [0.1, 0.15) is 24.2 Å². The van der Waals surface area contributed by atoms with Gasteiger partial charge in [0.15, 0.2) is 0 Å². The van der Waals surface area contributed by atoms with Crippen molar-refractivity contribution in [3.63, 3.8) is 0 Å². The number of imide groups is 1. The van der Waals surface area contributed by atoms with Crippen molar-refractivity contribution in [2.75, 3.05) is 20.8 Å². The standard InChI is InChI=1S/C25H25NO7/c1-15-20(24(28)31-3)21(22(33-15)17-9-11-19(30-2)12-10-17)23(27)26-18(14-32-25(26)29)13-16-7-5-4-6-8-16/h4-12,18,21-22H,13-14H2,1-3H3/t18-,21-,22+/m0/s1. The van der Waals surface area contributed by atoms with E-state index in [1.807, 2.05) is 30.3 Å². The first-order valence-electron chi connectivity index (χ1n) is 10.6. The van der Waals surface area contributed by atoms with E-state index in [1.165, 1.54) is 7.11 Å². The Labute approximate surface area is 191 Å². The predicted molar refractivity (Wildman–Crippen MR) is 117 cm³/mol. The first kappa shape index (κ1) is 22.4. The summed E-state index contributed by atoms with van der Waals surface area (Å²) in [6.45, 7) is 1.69. The molecule has 2 aromatic carbocycles. The highest BCUT2D eigenvalue weighted by Crippen LogP contribution is 2.44. The minimum atomic E-state index is -1.06. The molecule has 2 aliphatic rings. The van der Waals surface area contributed by atoms with Crippen molar-refractivity contribution < 1.29 is 33.3 Å². The Bertz CT molecular complexity index is 1080. The molecule has 1 fully saturated rings. The number of hydrogen-bond acceptors (Lipinski definition) is 7. The van der Waals surface area contributed by atoms with E-state index in [4.69, 9.17) is 18.9 Å². The summed E-state index contributed by atoms with van der Waals surface area (Å²) in [5.74, 6) is -1.36. The molecule has 33 heavy (non-hydrogen) atoms. The highest BCUT2D eigenvalue weighted by molar-refractivity contribution is 6.03. The number of ether oxygens (including phenoxy) is 4. The normalized spacial score (nSPS) is 22.1. The van der Waals surface area contributed by atoms with E-state index in [0.717, 1.165) is 10.5 Å². The molecule has 0 aromatic heterocycles. The van der Waals surface area contributed by atoms with Gasteiger partial charge < -0.3 is 18.9 Å². The quantitative estimate of drug-likeness (QED) is 0.622. The van der Waals surface area contributed by atoms with Gasteiger partial charge in [0.1, 0.15) is 30.1 Å². The molecule has 1 saturated heterocycles. The van der Waals surface area contributed by atoms with Crippen LogP contribution in [0, 0.1) is 5.92 Å². The lowest BCUT2D eigenvalue weighted by Gasteiger charge is -2.26. The average Bonchev–Trinajstić information content (AvgIpc) is 3.38. The molecule has 4 rings (SSSR count). The highest BCUT2D eigenvalue weighted by atomic mass is 16.6. The molecule has 0 unspecified atom stereocenters. The van der Waals surface area contributed by atoms with Gasteiger partial charge in [-0.1, -0.05) is 42.5 Å². The summed E-state index contributed by atoms with van der Waals surface area (Å²) < 4.78 is 21.3. The average molecular weight is 451 g/mol. The van der Waals surface area contributed by atoms with Gasteiger partial charge in [-0.25, -0.2) is 14.5 Å². The molecule has 0 spiro atoms. The number of carbonyl (C=O) groups is 3. The zero-order valence-corrected chi connectivity index (χ0v) is 18.6. The van der Waals surface area contributed by atoms with Gasteiger partial charge in [-0.15, -0.1) is 0 Å². The van der Waals surface area contributed by atoms with Gasteiger partial charge >= 0.3 is 12.1 Å². The van der Waals surface area contributed by atoms with Crippen LogP contribution in [0.5, 0.6) is 5.75 Å². The third kappa shape index (κ3) is 4.28. The van der Waals surface area contributed by atoms with E-state index in [0.29, 0.717) is 17.7 Å². The molecule has 0 bridgehead atoms. The fraction of sp³-hybridized carbons (Fsp3) is 0.320. The van der Waals surface area contributed by atoms with Gasteiger partial charge in [-0.05, 0) is 36.6 Å². The number of hydrogen-bond donors (Lipinski definition) is 0. The van der Waals surface area contributed by atoms with Gasteiger partial charge in [0.25, 0.3) is 0 Å². The lowest BCUT2D eigenvalue weighted by atomic mass is 9.88. The molecule has 2 aromatic rings. The van der Waals surface area contributed by atoms with Crippen LogP contribution in [0.25, 0.3) is 0 Å². The minimum absolute atomic E-state index is 0.0799. The largest absolute Gasteiger partial charge is 0.497 e. The van der Waals surface area contributed by atoms with Crippen LogP contribution in [-0.4, -0.2) is 49.7 Å². The molecule has 3 atom stereocenters. The molecular formula is C25H25NO7. The summed E-state index contributed by atoms with van der Waals surface area (Å²) in [5, 5.41) is 0. The highest BCUT2D eigenvalue weighted by Gasteiger charge is 2.50. The van der Waals surface area contributed by atoms with Gasteiger partial charge in [-0.2, -0.15) is 0 Å². The van der Waals surface area contributed by atoms with Crippen molar-refractivity contribution >= 4 is 18.0 Å². The molecule has 8 heteroatoms. The number of esters is 1. The maximum Gasteiger partial charge on any atom is 0.417 e. The molecule has 172 valence electrons. The third-order valence-corrected chi connectivity index (χ3v) is 5.93. The second kappa shape index (κ2) is 9.36. The maximum absolute atomic E-state index is 13.8. The van der Waals surface area contributed by atoms with E-state index >= 15 is 0 Å². The van der Waals surface area contributed by atoms with E-state index in [9.17, 15) is 14.4 Å². The van der Waals surface area contributed by atoms with Crippen molar-refractivity contribution in [1.82, 2.24) is 4.90 Å². The van der Waals surface area contributed by atoms with Crippen LogP contribution in [0.15, 0.2) is 65.9 Å². The van der Waals surface area contributed by atoms with Crippen molar-refractivity contribution in [3.8, 4) is 5.75 Å². The number of amides is 2. The molecule has 2 amide bonds. The van der Waals surface area contributed by atoms with Crippen molar-refractivity contribution in [2.24, 2.45) is 5.92 Å². The fourth-order valence-corrected chi connectivity index (χ4v) is 4.30. The number of nitrogens with zero attached hydrogens (tertiary/aromatic N) is 1. The summed E-state index contributed by atoms with van der Waals surface area (Å²) >= 11 is 0. The molecule has 0 radical (unpaired) electrons. The maximum atomic E-state index is 13.8. The molecule has 2 heterocycles. The summed E-state index contributed by atoms with van der Waals surface area (Å²) in [7, 11) is 2.80. The number of methoxy groups -OCH3 is 2. The lowest BCUT2D eigenvalue weighted by molar-refractivity contribution is -0.141. The van der Waals surface area contributed by atoms with Crippen molar-refractivity contribution in [1.29, 1.82) is 0 Å². The number of cyclic esters (lactones) is 1. The minimum Gasteiger partial charge on any atom is -0.497 e. The fourth-order valence-electron chi connectivity index (χ4n) is 4.30. The monoisotopic (exact) mass is 451 g/mol. The third-order valence-electron chi connectivity index (χ3n) is 5.93. The molecule has 8 nitrogen and oxygen atoms in total. The summed E-state index contributed by atoms with van der Waals surface area (Å²) in [6, 6.07) is 16.1. The Balaban J connectivity index is 1.69. The zero-order valence-electron chi connectivity index (χ0n) is 18.6.